The van der Waals surface area contributed by atoms with E-state index < -0.39 is 6.10 Å². The summed E-state index contributed by atoms with van der Waals surface area (Å²) in [6.07, 6.45) is 2.94. The predicted octanol–water partition coefficient (Wildman–Crippen LogP) is 1.86. The number of hydrogen-bond acceptors (Lipinski definition) is 4. The van der Waals surface area contributed by atoms with E-state index in [2.05, 4.69) is 0 Å². The Bertz CT molecular complexity index is 487. The van der Waals surface area contributed by atoms with Crippen LogP contribution in [0.25, 0.3) is 0 Å². The van der Waals surface area contributed by atoms with Gasteiger partial charge in [0.1, 0.15) is 11.5 Å². The summed E-state index contributed by atoms with van der Waals surface area (Å²) in [6.45, 7) is 2.35. The molecule has 5 heteroatoms. The predicted molar refractivity (Wildman–Crippen MR) is 74.7 cm³/mol. The summed E-state index contributed by atoms with van der Waals surface area (Å²) in [6, 6.07) is 3.99. The number of hydrogen-bond donors (Lipinski definition) is 3. The zero-order chi connectivity index (χ0) is 14.7. The Morgan fingerprint density at radius 2 is 2.15 bits per heavy atom. The molecular weight excluding hydrogens is 258 g/mol. The van der Waals surface area contributed by atoms with E-state index in [0.717, 1.165) is 19.3 Å². The van der Waals surface area contributed by atoms with Gasteiger partial charge in [0.05, 0.1) is 11.7 Å². The maximum absolute atomic E-state index is 12.5. The number of amides is 1. The number of phenols is 2. The molecule has 0 aliphatic carbocycles. The topological polar surface area (TPSA) is 81.0 Å². The van der Waals surface area contributed by atoms with Crippen molar-refractivity contribution >= 4 is 5.91 Å². The zero-order valence-electron chi connectivity index (χ0n) is 11.6. The molecule has 2 rings (SSSR count). The zero-order valence-corrected chi connectivity index (χ0v) is 11.6. The highest BCUT2D eigenvalue weighted by molar-refractivity contribution is 5.97. The van der Waals surface area contributed by atoms with Gasteiger partial charge in [0.25, 0.3) is 5.91 Å². The molecule has 1 aliphatic rings. The molecule has 1 aromatic rings. The van der Waals surface area contributed by atoms with E-state index in [9.17, 15) is 20.1 Å². The fourth-order valence-corrected chi connectivity index (χ4v) is 2.76. The van der Waals surface area contributed by atoms with Crippen LogP contribution in [0.2, 0.25) is 0 Å². The van der Waals surface area contributed by atoms with Crippen molar-refractivity contribution < 1.29 is 20.1 Å². The van der Waals surface area contributed by atoms with Gasteiger partial charge in [0, 0.05) is 18.7 Å². The van der Waals surface area contributed by atoms with Crippen LogP contribution >= 0.6 is 0 Å². The lowest BCUT2D eigenvalue weighted by molar-refractivity contribution is 0.0512. The summed E-state index contributed by atoms with van der Waals surface area (Å²) in [4.78, 5) is 14.3. The molecule has 0 radical (unpaired) electrons. The van der Waals surface area contributed by atoms with Crippen LogP contribution in [-0.4, -0.2) is 44.8 Å². The third-order valence-electron chi connectivity index (χ3n) is 3.71. The van der Waals surface area contributed by atoms with Crippen LogP contribution in [0.3, 0.4) is 0 Å². The molecule has 20 heavy (non-hydrogen) atoms. The van der Waals surface area contributed by atoms with Crippen LogP contribution in [-0.2, 0) is 0 Å². The molecule has 0 saturated carbocycles. The molecule has 1 fully saturated rings. The van der Waals surface area contributed by atoms with E-state index >= 15 is 0 Å². The first-order chi connectivity index (χ1) is 9.49. The summed E-state index contributed by atoms with van der Waals surface area (Å²) in [5.74, 6) is -0.526. The van der Waals surface area contributed by atoms with Gasteiger partial charge in [-0.1, -0.05) is 0 Å². The minimum absolute atomic E-state index is 0.00412. The van der Waals surface area contributed by atoms with Gasteiger partial charge in [-0.3, -0.25) is 4.79 Å². The number of rotatable bonds is 3. The van der Waals surface area contributed by atoms with Crippen LogP contribution in [0, 0.1) is 0 Å². The van der Waals surface area contributed by atoms with Crippen LogP contribution in [0.1, 0.15) is 43.0 Å². The minimum Gasteiger partial charge on any atom is -0.508 e. The van der Waals surface area contributed by atoms with E-state index in [0.29, 0.717) is 13.0 Å². The van der Waals surface area contributed by atoms with Crippen LogP contribution < -0.4 is 0 Å². The van der Waals surface area contributed by atoms with Gasteiger partial charge in [-0.2, -0.15) is 0 Å². The average molecular weight is 279 g/mol. The summed E-state index contributed by atoms with van der Waals surface area (Å²) in [5, 5.41) is 28.6. The summed E-state index contributed by atoms with van der Waals surface area (Å²) < 4.78 is 0. The lowest BCUT2D eigenvalue weighted by Gasteiger charge is -2.36. The number of phenolic OH excluding ortho intramolecular Hbond substituents is 2. The number of nitrogens with zero attached hydrogens (tertiary/aromatic N) is 1. The van der Waals surface area contributed by atoms with Gasteiger partial charge in [0.2, 0.25) is 0 Å². The second-order valence-electron chi connectivity index (χ2n) is 5.43. The maximum atomic E-state index is 12.5. The Kier molecular flexibility index (Phi) is 4.49. The van der Waals surface area contributed by atoms with Crippen molar-refractivity contribution in [2.45, 2.75) is 44.8 Å². The molecule has 110 valence electrons. The van der Waals surface area contributed by atoms with Crippen molar-refractivity contribution in [1.29, 1.82) is 0 Å². The summed E-state index contributed by atoms with van der Waals surface area (Å²) in [7, 11) is 0. The van der Waals surface area contributed by atoms with Gasteiger partial charge in [-0.25, -0.2) is 0 Å². The van der Waals surface area contributed by atoms with Gasteiger partial charge in [-0.05, 0) is 44.7 Å². The minimum atomic E-state index is -0.457. The lowest BCUT2D eigenvalue weighted by Crippen LogP contribution is -2.45. The molecule has 0 spiro atoms. The largest absolute Gasteiger partial charge is 0.508 e. The molecule has 0 bridgehead atoms. The van der Waals surface area contributed by atoms with Crippen molar-refractivity contribution in [3.8, 4) is 11.5 Å². The summed E-state index contributed by atoms with van der Waals surface area (Å²) >= 11 is 0. The highest BCUT2D eigenvalue weighted by atomic mass is 16.3. The molecule has 3 N–H and O–H groups in total. The van der Waals surface area contributed by atoms with Gasteiger partial charge >= 0.3 is 0 Å². The molecule has 1 heterocycles. The normalized spacial score (nSPS) is 20.7. The molecule has 1 amide bonds. The molecule has 5 nitrogen and oxygen atoms in total. The quantitative estimate of drug-likeness (QED) is 0.789. The van der Waals surface area contributed by atoms with Gasteiger partial charge < -0.3 is 20.2 Å². The number of aromatic hydroxyl groups is 2. The monoisotopic (exact) mass is 279 g/mol. The Labute approximate surface area is 118 Å². The highest BCUT2D eigenvalue weighted by Crippen LogP contribution is 2.28. The molecule has 1 aliphatic heterocycles. The van der Waals surface area contributed by atoms with E-state index in [4.69, 9.17) is 0 Å². The number of benzene rings is 1. The molecule has 1 saturated heterocycles. The standard InChI is InChI=1S/C15H21NO4/c1-10(17)8-11-4-2-3-7-16(11)15(20)13-6-5-12(18)9-14(13)19/h5-6,9-11,17-19H,2-4,7-8H2,1H3. The summed E-state index contributed by atoms with van der Waals surface area (Å²) in [5.41, 5.74) is 0.195. The average Bonchev–Trinajstić information content (AvgIpc) is 2.38. The molecule has 0 aromatic heterocycles. The van der Waals surface area contributed by atoms with Crippen LogP contribution in [0.5, 0.6) is 11.5 Å². The Morgan fingerprint density at radius 1 is 1.40 bits per heavy atom. The highest BCUT2D eigenvalue weighted by Gasteiger charge is 2.29. The number of carbonyl (C=O) groups excluding carboxylic acids is 1. The van der Waals surface area contributed by atoms with Gasteiger partial charge in [-0.15, -0.1) is 0 Å². The third-order valence-corrected chi connectivity index (χ3v) is 3.71. The van der Waals surface area contributed by atoms with Crippen molar-refractivity contribution in [2.75, 3.05) is 6.54 Å². The van der Waals surface area contributed by atoms with E-state index in [1.165, 1.54) is 18.2 Å². The second kappa shape index (κ2) is 6.13. The first kappa shape index (κ1) is 14.7. The Balaban J connectivity index is 2.20. The van der Waals surface area contributed by atoms with Crippen molar-refractivity contribution in [2.24, 2.45) is 0 Å². The second-order valence-corrected chi connectivity index (χ2v) is 5.43. The first-order valence-corrected chi connectivity index (χ1v) is 7.00. The molecule has 2 atom stereocenters. The number of aliphatic hydroxyl groups excluding tert-OH is 1. The number of likely N-dealkylation sites (tertiary alicyclic amines) is 1. The van der Waals surface area contributed by atoms with Gasteiger partial charge in [0.15, 0.2) is 0 Å². The fourth-order valence-electron chi connectivity index (χ4n) is 2.76. The van der Waals surface area contributed by atoms with Crippen molar-refractivity contribution in [3.05, 3.63) is 23.8 Å². The number of carbonyl (C=O) groups is 1. The first-order valence-electron chi connectivity index (χ1n) is 7.00. The molecule has 1 aromatic carbocycles. The molecule has 2 unspecified atom stereocenters. The van der Waals surface area contributed by atoms with Crippen LogP contribution in [0.4, 0.5) is 0 Å². The molecular formula is C15H21NO4. The number of aliphatic hydroxyl groups is 1. The Morgan fingerprint density at radius 3 is 2.80 bits per heavy atom. The van der Waals surface area contributed by atoms with Crippen molar-refractivity contribution in [3.63, 3.8) is 0 Å². The van der Waals surface area contributed by atoms with E-state index in [1.807, 2.05) is 0 Å². The Hall–Kier alpha value is -1.75. The lowest BCUT2D eigenvalue weighted by atomic mass is 9.96. The smallest absolute Gasteiger partial charge is 0.257 e. The fraction of sp³-hybridized carbons (Fsp3) is 0.533. The number of piperidine rings is 1. The maximum Gasteiger partial charge on any atom is 0.257 e. The van der Waals surface area contributed by atoms with Crippen molar-refractivity contribution in [1.82, 2.24) is 4.90 Å². The van der Waals surface area contributed by atoms with E-state index in [1.54, 1.807) is 11.8 Å². The third kappa shape index (κ3) is 3.22. The SMILES string of the molecule is CC(O)CC1CCCCN1C(=O)c1ccc(O)cc1O. The van der Waals surface area contributed by atoms with E-state index in [-0.39, 0.29) is 29.0 Å². The van der Waals surface area contributed by atoms with Crippen LogP contribution in [0.15, 0.2) is 18.2 Å².